The molecule has 0 radical (unpaired) electrons. The van der Waals surface area contributed by atoms with Gasteiger partial charge in [0.2, 0.25) is 0 Å². The third-order valence-corrected chi connectivity index (χ3v) is 6.90. The molecule has 0 spiro atoms. The van der Waals surface area contributed by atoms with Gasteiger partial charge in [0.1, 0.15) is 0 Å². The standard InChI is InChI=1S/C25H31N5O4/c1-17-16-34-11-10-29(17)22-13-21(20-5-3-4-18(12-20)15-31)27-30-23(14-26-24(22)30)19-6-8-28(9-7-19)25(32)33-2/h3-5,12-14,17,19,31H,6-11,15-16H2,1-2H3/t17-/m0/s1. The van der Waals surface area contributed by atoms with Crippen molar-refractivity contribution in [3.63, 3.8) is 0 Å². The van der Waals surface area contributed by atoms with E-state index in [4.69, 9.17) is 19.6 Å². The molecular formula is C25H31N5O4. The van der Waals surface area contributed by atoms with Crippen LogP contribution < -0.4 is 4.90 Å². The number of likely N-dealkylation sites (tertiary alicyclic amines) is 1. The SMILES string of the molecule is COC(=O)N1CCC(c2cnc3c(N4CCOC[C@@H]4C)cc(-c4cccc(CO)c4)nn23)CC1. The molecule has 9 nitrogen and oxygen atoms in total. The highest BCUT2D eigenvalue weighted by Crippen LogP contribution is 2.34. The summed E-state index contributed by atoms with van der Waals surface area (Å²) in [6, 6.07) is 10.2. The van der Waals surface area contributed by atoms with Gasteiger partial charge in [-0.2, -0.15) is 5.10 Å². The summed E-state index contributed by atoms with van der Waals surface area (Å²) < 4.78 is 12.5. The van der Waals surface area contributed by atoms with Gasteiger partial charge in [-0.25, -0.2) is 14.3 Å². The maximum atomic E-state index is 11.9. The van der Waals surface area contributed by atoms with Crippen LogP contribution in [-0.2, 0) is 16.1 Å². The van der Waals surface area contributed by atoms with E-state index in [0.717, 1.165) is 53.2 Å². The number of aliphatic hydroxyl groups is 1. The average Bonchev–Trinajstić information content (AvgIpc) is 3.32. The van der Waals surface area contributed by atoms with Crippen LogP contribution >= 0.6 is 0 Å². The number of imidazole rings is 1. The second-order valence-electron chi connectivity index (χ2n) is 9.04. The number of carbonyl (C=O) groups excluding carboxylic acids is 1. The number of ether oxygens (including phenoxy) is 2. The van der Waals surface area contributed by atoms with Crippen LogP contribution in [0.5, 0.6) is 0 Å². The molecule has 1 aromatic carbocycles. The Morgan fingerprint density at radius 3 is 2.79 bits per heavy atom. The maximum absolute atomic E-state index is 11.9. The van der Waals surface area contributed by atoms with Crippen molar-refractivity contribution < 1.29 is 19.4 Å². The molecule has 0 aliphatic carbocycles. The van der Waals surface area contributed by atoms with Crippen LogP contribution in [0.1, 0.15) is 36.9 Å². The summed E-state index contributed by atoms with van der Waals surface area (Å²) in [6.07, 6.45) is 3.32. The smallest absolute Gasteiger partial charge is 0.409 e. The van der Waals surface area contributed by atoms with Gasteiger partial charge in [0.25, 0.3) is 0 Å². The molecule has 2 fully saturated rings. The number of fused-ring (bicyclic) bond motifs is 1. The van der Waals surface area contributed by atoms with Crippen molar-refractivity contribution in [2.45, 2.75) is 38.3 Å². The summed E-state index contributed by atoms with van der Waals surface area (Å²) in [4.78, 5) is 20.8. The highest BCUT2D eigenvalue weighted by molar-refractivity contribution is 5.76. The molecule has 2 aliphatic heterocycles. The first-order chi connectivity index (χ1) is 16.6. The molecule has 9 heteroatoms. The zero-order chi connectivity index (χ0) is 23.7. The fraction of sp³-hybridized carbons (Fsp3) is 0.480. The van der Waals surface area contributed by atoms with Gasteiger partial charge < -0.3 is 24.4 Å². The highest BCUT2D eigenvalue weighted by atomic mass is 16.5. The third-order valence-electron chi connectivity index (χ3n) is 6.90. The Labute approximate surface area is 198 Å². The summed E-state index contributed by atoms with van der Waals surface area (Å²) >= 11 is 0. The number of rotatable bonds is 4. The lowest BCUT2D eigenvalue weighted by Gasteiger charge is -2.35. The second-order valence-corrected chi connectivity index (χ2v) is 9.04. The molecule has 1 atom stereocenters. The number of nitrogens with zero attached hydrogens (tertiary/aromatic N) is 5. The molecule has 1 N–H and O–H groups in total. The van der Waals surface area contributed by atoms with E-state index in [-0.39, 0.29) is 24.7 Å². The summed E-state index contributed by atoms with van der Waals surface area (Å²) in [6.45, 7) is 5.58. The molecule has 2 aliphatic rings. The van der Waals surface area contributed by atoms with Gasteiger partial charge in [-0.3, -0.25) is 0 Å². The minimum absolute atomic E-state index is 0.0153. The first-order valence-corrected chi connectivity index (χ1v) is 11.8. The summed E-state index contributed by atoms with van der Waals surface area (Å²) in [5.74, 6) is 0.248. The molecule has 0 bridgehead atoms. The van der Waals surface area contributed by atoms with Gasteiger partial charge in [-0.15, -0.1) is 0 Å². The van der Waals surface area contributed by atoms with Gasteiger partial charge >= 0.3 is 6.09 Å². The first kappa shape index (κ1) is 22.6. The van der Waals surface area contributed by atoms with E-state index in [1.165, 1.54) is 7.11 Å². The highest BCUT2D eigenvalue weighted by Gasteiger charge is 2.29. The summed E-state index contributed by atoms with van der Waals surface area (Å²) in [7, 11) is 1.42. The fourth-order valence-corrected chi connectivity index (χ4v) is 5.00. The number of hydrogen-bond acceptors (Lipinski definition) is 7. The Morgan fingerprint density at radius 2 is 2.06 bits per heavy atom. The lowest BCUT2D eigenvalue weighted by molar-refractivity contribution is 0.0990. The number of hydrogen-bond donors (Lipinski definition) is 1. The molecule has 0 unspecified atom stereocenters. The predicted octanol–water partition coefficient (Wildman–Crippen LogP) is 3.06. The minimum atomic E-state index is -0.274. The minimum Gasteiger partial charge on any atom is -0.453 e. The van der Waals surface area contributed by atoms with E-state index in [0.29, 0.717) is 26.3 Å². The van der Waals surface area contributed by atoms with Crippen molar-refractivity contribution in [3.05, 3.63) is 47.8 Å². The van der Waals surface area contributed by atoms with Crippen molar-refractivity contribution >= 4 is 17.4 Å². The quantitative estimate of drug-likeness (QED) is 0.633. The van der Waals surface area contributed by atoms with E-state index in [1.54, 1.807) is 4.90 Å². The Bertz CT molecular complexity index is 1170. The number of anilines is 1. The molecule has 2 aromatic heterocycles. The Hall–Kier alpha value is -3.17. The fourth-order valence-electron chi connectivity index (χ4n) is 5.00. The van der Waals surface area contributed by atoms with Gasteiger partial charge in [0, 0.05) is 37.2 Å². The maximum Gasteiger partial charge on any atom is 0.409 e. The van der Waals surface area contributed by atoms with Crippen LogP contribution in [0.4, 0.5) is 10.5 Å². The molecule has 3 aromatic rings. The molecule has 34 heavy (non-hydrogen) atoms. The first-order valence-electron chi connectivity index (χ1n) is 11.8. The Balaban J connectivity index is 1.57. The number of benzene rings is 1. The van der Waals surface area contributed by atoms with Crippen LogP contribution in [0.25, 0.3) is 16.9 Å². The predicted molar refractivity (Wildman–Crippen MR) is 128 cm³/mol. The molecular weight excluding hydrogens is 434 g/mol. The normalized spacial score (nSPS) is 19.6. The van der Waals surface area contributed by atoms with Crippen LogP contribution in [0, 0.1) is 0 Å². The van der Waals surface area contributed by atoms with Crippen molar-refractivity contribution in [3.8, 4) is 11.3 Å². The van der Waals surface area contributed by atoms with Crippen molar-refractivity contribution in [2.24, 2.45) is 0 Å². The topological polar surface area (TPSA) is 92.4 Å². The van der Waals surface area contributed by atoms with Gasteiger partial charge in [0.15, 0.2) is 5.65 Å². The molecule has 2 saturated heterocycles. The molecule has 1 amide bonds. The Kier molecular flexibility index (Phi) is 6.38. The number of amides is 1. The Morgan fingerprint density at radius 1 is 1.24 bits per heavy atom. The third kappa shape index (κ3) is 4.21. The van der Waals surface area contributed by atoms with Crippen LogP contribution in [0.2, 0.25) is 0 Å². The lowest BCUT2D eigenvalue weighted by Crippen LogP contribution is -2.44. The van der Waals surface area contributed by atoms with E-state index >= 15 is 0 Å². The second kappa shape index (κ2) is 9.60. The monoisotopic (exact) mass is 465 g/mol. The van der Waals surface area contributed by atoms with Gasteiger partial charge in [-0.05, 0) is 37.5 Å². The number of piperidine rings is 1. The van der Waals surface area contributed by atoms with Gasteiger partial charge in [-0.1, -0.05) is 18.2 Å². The summed E-state index contributed by atoms with van der Waals surface area (Å²) in [5, 5.41) is 14.7. The van der Waals surface area contributed by atoms with Gasteiger partial charge in [0.05, 0.1) is 50.2 Å². The zero-order valence-corrected chi connectivity index (χ0v) is 19.7. The van der Waals surface area contributed by atoms with E-state index in [2.05, 4.69) is 17.9 Å². The van der Waals surface area contributed by atoms with Crippen LogP contribution in [-0.4, -0.2) is 76.7 Å². The number of methoxy groups -OCH3 is 1. The lowest BCUT2D eigenvalue weighted by atomic mass is 9.94. The number of aromatic nitrogens is 3. The molecule has 180 valence electrons. The zero-order valence-electron chi connectivity index (χ0n) is 19.7. The number of aliphatic hydroxyl groups excluding tert-OH is 1. The summed E-state index contributed by atoms with van der Waals surface area (Å²) in [5.41, 5.74) is 5.57. The number of carbonyl (C=O) groups is 1. The molecule has 5 rings (SSSR count). The molecule has 4 heterocycles. The van der Waals surface area contributed by atoms with Crippen LogP contribution in [0.15, 0.2) is 36.5 Å². The van der Waals surface area contributed by atoms with E-state index in [9.17, 15) is 9.90 Å². The van der Waals surface area contributed by atoms with E-state index in [1.807, 2.05) is 35.0 Å². The van der Waals surface area contributed by atoms with Crippen molar-refractivity contribution in [2.75, 3.05) is 44.9 Å². The van der Waals surface area contributed by atoms with Crippen molar-refractivity contribution in [1.82, 2.24) is 19.5 Å². The average molecular weight is 466 g/mol. The van der Waals surface area contributed by atoms with Crippen molar-refractivity contribution in [1.29, 1.82) is 0 Å². The van der Waals surface area contributed by atoms with E-state index < -0.39 is 0 Å². The van der Waals surface area contributed by atoms with Crippen LogP contribution in [0.3, 0.4) is 0 Å². The number of morpholine rings is 1. The molecule has 0 saturated carbocycles. The largest absolute Gasteiger partial charge is 0.453 e.